The molecule has 2 N–H and O–H groups in total. The van der Waals surface area contributed by atoms with Crippen LogP contribution in [0.25, 0.3) is 0 Å². The maximum atomic E-state index is 12.6. The summed E-state index contributed by atoms with van der Waals surface area (Å²) in [5.41, 5.74) is 1.43. The minimum Gasteiger partial charge on any atom is -0.335 e. The normalized spacial score (nSPS) is 23.9. The zero-order valence-electron chi connectivity index (χ0n) is 14.0. The van der Waals surface area contributed by atoms with Crippen LogP contribution in [0, 0.1) is 0 Å². The van der Waals surface area contributed by atoms with Gasteiger partial charge in [0.1, 0.15) is 0 Å². The lowest BCUT2D eigenvalue weighted by Crippen LogP contribution is -2.63. The maximum absolute atomic E-state index is 12.6. The van der Waals surface area contributed by atoms with Crippen molar-refractivity contribution < 1.29 is 4.79 Å². The van der Waals surface area contributed by atoms with Gasteiger partial charge in [-0.1, -0.05) is 0 Å². The molecule has 1 fully saturated rings. The molecule has 0 aromatic carbocycles. The number of piperidine rings is 1. The first-order valence-corrected chi connectivity index (χ1v) is 9.02. The highest BCUT2D eigenvalue weighted by molar-refractivity contribution is 7.10. The van der Waals surface area contributed by atoms with Crippen molar-refractivity contribution in [1.82, 2.24) is 15.5 Å². The molecular formula is C17H27N3OS. The van der Waals surface area contributed by atoms with Crippen molar-refractivity contribution >= 4 is 17.4 Å². The summed E-state index contributed by atoms with van der Waals surface area (Å²) in [6, 6.07) is 2.48. The van der Waals surface area contributed by atoms with Crippen LogP contribution in [0.5, 0.6) is 0 Å². The smallest absolute Gasteiger partial charge is 0.317 e. The zero-order chi connectivity index (χ0) is 16.0. The van der Waals surface area contributed by atoms with Gasteiger partial charge in [-0.25, -0.2) is 4.79 Å². The Morgan fingerprint density at radius 3 is 2.68 bits per heavy atom. The summed E-state index contributed by atoms with van der Waals surface area (Å²) in [6.45, 7) is 10.4. The first kappa shape index (κ1) is 15.8. The van der Waals surface area contributed by atoms with Crippen molar-refractivity contribution in [3.8, 4) is 0 Å². The molecule has 1 saturated heterocycles. The monoisotopic (exact) mass is 321 g/mol. The predicted molar refractivity (Wildman–Crippen MR) is 91.3 cm³/mol. The van der Waals surface area contributed by atoms with Gasteiger partial charge in [0, 0.05) is 35.1 Å². The van der Waals surface area contributed by atoms with Crippen LogP contribution in [0.1, 0.15) is 51.0 Å². The van der Waals surface area contributed by atoms with E-state index in [1.807, 2.05) is 16.2 Å². The van der Waals surface area contributed by atoms with Crippen LogP contribution in [-0.4, -0.2) is 34.6 Å². The maximum Gasteiger partial charge on any atom is 0.317 e. The molecule has 22 heavy (non-hydrogen) atoms. The van der Waals surface area contributed by atoms with Crippen molar-refractivity contribution in [2.24, 2.45) is 0 Å². The number of amides is 2. The van der Waals surface area contributed by atoms with E-state index in [0.717, 1.165) is 32.4 Å². The van der Waals surface area contributed by atoms with E-state index in [4.69, 9.17) is 0 Å². The number of thiophene rings is 1. The molecule has 4 nitrogen and oxygen atoms in total. The highest BCUT2D eigenvalue weighted by atomic mass is 32.1. The molecule has 0 bridgehead atoms. The van der Waals surface area contributed by atoms with Crippen molar-refractivity contribution in [1.29, 1.82) is 0 Å². The third-order valence-electron chi connectivity index (χ3n) is 4.61. The van der Waals surface area contributed by atoms with E-state index in [2.05, 4.69) is 49.8 Å². The predicted octanol–water partition coefficient (Wildman–Crippen LogP) is 3.13. The lowest BCUT2D eigenvalue weighted by molar-refractivity contribution is 0.137. The number of nitrogens with one attached hydrogen (secondary N) is 2. The van der Waals surface area contributed by atoms with Crippen LogP contribution in [0.2, 0.25) is 0 Å². The van der Waals surface area contributed by atoms with Gasteiger partial charge in [0.15, 0.2) is 0 Å². The average Bonchev–Trinajstić information content (AvgIpc) is 2.81. The summed E-state index contributed by atoms with van der Waals surface area (Å²) in [6.07, 6.45) is 2.93. The summed E-state index contributed by atoms with van der Waals surface area (Å²) < 4.78 is 0. The lowest BCUT2D eigenvalue weighted by Gasteiger charge is -2.47. The number of carbonyl (C=O) groups is 1. The topological polar surface area (TPSA) is 44.4 Å². The molecule has 0 spiro atoms. The van der Waals surface area contributed by atoms with E-state index in [1.54, 1.807) is 0 Å². The Kier molecular flexibility index (Phi) is 3.98. The first-order valence-electron chi connectivity index (χ1n) is 8.14. The van der Waals surface area contributed by atoms with Crippen LogP contribution in [-0.2, 0) is 13.0 Å². The number of carbonyl (C=O) groups excluding carboxylic acids is 1. The standard InChI is InChI=1S/C17H27N3OS/c1-16(2)9-13(10-17(3,4)19-16)18-15(21)20-7-5-14-12(11-20)6-8-22-14/h6,8,13,19H,5,7,9-11H2,1-4H3,(H,18,21). The fourth-order valence-electron chi connectivity index (χ4n) is 4.11. The number of rotatable bonds is 1. The third kappa shape index (κ3) is 3.46. The van der Waals surface area contributed by atoms with Gasteiger partial charge in [0.2, 0.25) is 0 Å². The number of hydrogen-bond donors (Lipinski definition) is 2. The molecular weight excluding hydrogens is 294 g/mol. The second kappa shape index (κ2) is 5.53. The number of fused-ring (bicyclic) bond motifs is 1. The van der Waals surface area contributed by atoms with E-state index in [9.17, 15) is 4.79 Å². The summed E-state index contributed by atoms with van der Waals surface area (Å²) in [5.74, 6) is 0. The molecule has 0 radical (unpaired) electrons. The highest BCUT2D eigenvalue weighted by Crippen LogP contribution is 2.29. The van der Waals surface area contributed by atoms with Gasteiger partial charge >= 0.3 is 6.03 Å². The molecule has 1 aromatic heterocycles. The molecule has 0 atom stereocenters. The second-order valence-electron chi connectivity index (χ2n) is 7.99. The fourth-order valence-corrected chi connectivity index (χ4v) is 5.00. The van der Waals surface area contributed by atoms with Crippen molar-refractivity contribution in [3.05, 3.63) is 21.9 Å². The van der Waals surface area contributed by atoms with Crippen LogP contribution in [0.4, 0.5) is 4.79 Å². The number of nitrogens with zero attached hydrogens (tertiary/aromatic N) is 1. The largest absolute Gasteiger partial charge is 0.335 e. The summed E-state index contributed by atoms with van der Waals surface area (Å²) in [4.78, 5) is 16.0. The van der Waals surface area contributed by atoms with Crippen LogP contribution < -0.4 is 10.6 Å². The number of hydrogen-bond acceptors (Lipinski definition) is 3. The Hall–Kier alpha value is -1.07. The van der Waals surface area contributed by atoms with E-state index < -0.39 is 0 Å². The number of urea groups is 1. The summed E-state index contributed by atoms with van der Waals surface area (Å²) in [7, 11) is 0. The molecule has 122 valence electrons. The summed E-state index contributed by atoms with van der Waals surface area (Å²) >= 11 is 1.81. The molecule has 3 rings (SSSR count). The molecule has 0 aliphatic carbocycles. The fraction of sp³-hybridized carbons (Fsp3) is 0.706. The third-order valence-corrected chi connectivity index (χ3v) is 5.64. The van der Waals surface area contributed by atoms with Gasteiger partial charge in [0.05, 0.1) is 0 Å². The summed E-state index contributed by atoms with van der Waals surface area (Å²) in [5, 5.41) is 9.06. The Labute approximate surface area is 137 Å². The molecule has 3 heterocycles. The van der Waals surface area contributed by atoms with E-state index in [1.165, 1.54) is 10.4 Å². The zero-order valence-corrected chi connectivity index (χ0v) is 14.8. The first-order chi connectivity index (χ1) is 10.2. The molecule has 1 aromatic rings. The van der Waals surface area contributed by atoms with E-state index in [-0.39, 0.29) is 23.2 Å². The quantitative estimate of drug-likeness (QED) is 0.835. The Bertz CT molecular complexity index is 548. The molecule has 2 aliphatic rings. The van der Waals surface area contributed by atoms with E-state index >= 15 is 0 Å². The van der Waals surface area contributed by atoms with Crippen LogP contribution in [0.15, 0.2) is 11.4 Å². The van der Waals surface area contributed by atoms with Crippen molar-refractivity contribution in [3.63, 3.8) is 0 Å². The lowest BCUT2D eigenvalue weighted by atomic mass is 9.79. The highest BCUT2D eigenvalue weighted by Gasteiger charge is 2.38. The second-order valence-corrected chi connectivity index (χ2v) is 8.99. The molecule has 2 aliphatic heterocycles. The van der Waals surface area contributed by atoms with Gasteiger partial charge in [-0.3, -0.25) is 0 Å². The molecule has 2 amide bonds. The Morgan fingerprint density at radius 1 is 1.32 bits per heavy atom. The van der Waals surface area contributed by atoms with Crippen molar-refractivity contribution in [2.75, 3.05) is 6.54 Å². The van der Waals surface area contributed by atoms with Crippen LogP contribution in [0.3, 0.4) is 0 Å². The molecule has 0 saturated carbocycles. The van der Waals surface area contributed by atoms with Crippen molar-refractivity contribution in [2.45, 2.75) is 70.6 Å². The van der Waals surface area contributed by atoms with Gasteiger partial charge in [-0.2, -0.15) is 0 Å². The van der Waals surface area contributed by atoms with E-state index in [0.29, 0.717) is 0 Å². The van der Waals surface area contributed by atoms with Crippen LogP contribution >= 0.6 is 11.3 Å². The minimum atomic E-state index is 0.0577. The minimum absolute atomic E-state index is 0.0577. The van der Waals surface area contributed by atoms with Gasteiger partial charge in [-0.05, 0) is 64.0 Å². The molecule has 0 unspecified atom stereocenters. The Morgan fingerprint density at radius 2 is 2.00 bits per heavy atom. The Balaban J connectivity index is 1.62. The average molecular weight is 321 g/mol. The molecule has 5 heteroatoms. The SMILES string of the molecule is CC1(C)CC(NC(=O)N2CCc3sccc3C2)CC(C)(C)N1. The van der Waals surface area contributed by atoms with Gasteiger partial charge in [-0.15, -0.1) is 11.3 Å². The van der Waals surface area contributed by atoms with Gasteiger partial charge in [0.25, 0.3) is 0 Å². The van der Waals surface area contributed by atoms with Gasteiger partial charge < -0.3 is 15.5 Å².